The normalized spacial score (nSPS) is 8.82. The van der Waals surface area contributed by atoms with Gasteiger partial charge in [-0.15, -0.1) is 6.54 Å². The molecule has 0 aromatic rings. The molecule has 0 aliphatic rings. The first-order valence-corrected chi connectivity index (χ1v) is 3.41. The molecule has 0 radical (unpaired) electrons. The Morgan fingerprint density at radius 1 is 1.45 bits per heavy atom. The smallest absolute Gasteiger partial charge is 0.664 e. The monoisotopic (exact) mass is 327 g/mol. The summed E-state index contributed by atoms with van der Waals surface area (Å²) in [5.74, 6) is -0.746. The number of carboxylic acid groups (broad SMARTS) is 1. The van der Waals surface area contributed by atoms with Gasteiger partial charge in [-0.05, 0) is 0 Å². The molecule has 11 heavy (non-hydrogen) atoms. The van der Waals surface area contributed by atoms with Gasteiger partial charge in [0.25, 0.3) is 0 Å². The summed E-state index contributed by atoms with van der Waals surface area (Å²) < 4.78 is 0. The summed E-state index contributed by atoms with van der Waals surface area (Å²) in [5.41, 5.74) is 0. The predicted octanol–water partition coefficient (Wildman–Crippen LogP) is 1.45. The molecule has 0 heterocycles. The van der Waals surface area contributed by atoms with E-state index < -0.39 is 5.97 Å². The number of carbonyl (C=O) groups is 1. The molecule has 0 spiro atoms. The molecule has 64 valence electrons. The molecule has 0 unspecified atom stereocenters. The van der Waals surface area contributed by atoms with Gasteiger partial charge in [0.2, 0.25) is 0 Å². The molecule has 0 aliphatic carbocycles. The second-order valence-electron chi connectivity index (χ2n) is 2.02. The number of nitrogens with zero attached hydrogens (tertiary/aromatic N) is 1. The molecule has 0 rings (SSSR count). The fourth-order valence-corrected chi connectivity index (χ4v) is 0.566. The average molecular weight is 327 g/mol. The Morgan fingerprint density at radius 2 is 2.09 bits per heavy atom. The minimum atomic E-state index is -0.746. The third kappa shape index (κ3) is 13.2. The zero-order chi connectivity index (χ0) is 7.82. The van der Waals surface area contributed by atoms with E-state index in [-0.39, 0.29) is 27.5 Å². The quantitative estimate of drug-likeness (QED) is 0.593. The van der Waals surface area contributed by atoms with Crippen LogP contribution < -0.4 is 0 Å². The standard InChI is InChI=1S/C7H13NO2.W/c1-2-5-8-6-3-4-7(9)10;/h1-6H2,(H,9,10);/q-2;+2. The molecule has 0 aliphatic heterocycles. The van der Waals surface area contributed by atoms with E-state index in [1.807, 2.05) is 0 Å². The number of aliphatic carboxylic acids is 1. The van der Waals surface area contributed by atoms with Crippen molar-refractivity contribution in [1.82, 2.24) is 0 Å². The SMILES string of the molecule is [CH2-]CC[N-]CCCC(=O)O.[W+2]. The van der Waals surface area contributed by atoms with Gasteiger partial charge in [0.05, 0.1) is 0 Å². The van der Waals surface area contributed by atoms with Crippen molar-refractivity contribution in [1.29, 1.82) is 0 Å². The fraction of sp³-hybridized carbons (Fsp3) is 0.714. The van der Waals surface area contributed by atoms with Crippen LogP contribution in [0.2, 0.25) is 0 Å². The Morgan fingerprint density at radius 3 is 2.55 bits per heavy atom. The van der Waals surface area contributed by atoms with Crippen LogP contribution in [-0.4, -0.2) is 24.2 Å². The summed E-state index contributed by atoms with van der Waals surface area (Å²) in [6.45, 7) is 5.01. The third-order valence-electron chi connectivity index (χ3n) is 1.02. The summed E-state index contributed by atoms with van der Waals surface area (Å²) in [6, 6.07) is 0. The van der Waals surface area contributed by atoms with Crippen LogP contribution >= 0.6 is 0 Å². The average Bonchev–Trinajstić information content (AvgIpc) is 1.87. The van der Waals surface area contributed by atoms with Crippen LogP contribution in [0.15, 0.2) is 0 Å². The molecule has 3 nitrogen and oxygen atoms in total. The van der Waals surface area contributed by atoms with Crippen molar-refractivity contribution in [3.05, 3.63) is 12.2 Å². The molecule has 0 aromatic heterocycles. The predicted molar refractivity (Wildman–Crippen MR) is 39.9 cm³/mol. The van der Waals surface area contributed by atoms with Crippen LogP contribution in [-0.2, 0) is 25.9 Å². The number of hydrogen-bond acceptors (Lipinski definition) is 1. The van der Waals surface area contributed by atoms with E-state index in [2.05, 4.69) is 12.2 Å². The summed E-state index contributed by atoms with van der Waals surface area (Å²) in [5, 5.41) is 12.3. The molecule has 0 saturated carbocycles. The number of rotatable bonds is 6. The Kier molecular flexibility index (Phi) is 12.6. The van der Waals surface area contributed by atoms with E-state index >= 15 is 0 Å². The Labute approximate surface area is 81.8 Å². The summed E-state index contributed by atoms with van der Waals surface area (Å²) >= 11 is 0. The van der Waals surface area contributed by atoms with Crippen LogP contribution in [0.5, 0.6) is 0 Å². The van der Waals surface area contributed by atoms with Crippen molar-refractivity contribution in [2.24, 2.45) is 0 Å². The number of carboxylic acids is 1. The molecule has 0 bridgehead atoms. The third-order valence-corrected chi connectivity index (χ3v) is 1.02. The van der Waals surface area contributed by atoms with Gasteiger partial charge in [-0.2, -0.15) is 6.54 Å². The van der Waals surface area contributed by atoms with E-state index in [1.165, 1.54) is 0 Å². The maximum absolute atomic E-state index is 9.98. The first-order chi connectivity index (χ1) is 4.77. The first kappa shape index (κ1) is 13.7. The topological polar surface area (TPSA) is 51.4 Å². The Bertz CT molecular complexity index is 98.4. The van der Waals surface area contributed by atoms with Gasteiger partial charge in [0.15, 0.2) is 0 Å². The van der Waals surface area contributed by atoms with Crippen LogP contribution in [0.4, 0.5) is 0 Å². The van der Waals surface area contributed by atoms with Gasteiger partial charge in [0, 0.05) is 6.42 Å². The largest absolute Gasteiger partial charge is 2.00 e. The number of hydrogen-bond donors (Lipinski definition) is 1. The second-order valence-corrected chi connectivity index (χ2v) is 2.02. The van der Waals surface area contributed by atoms with Crippen LogP contribution in [0.25, 0.3) is 5.32 Å². The fourth-order valence-electron chi connectivity index (χ4n) is 0.566. The van der Waals surface area contributed by atoms with Crippen molar-refractivity contribution >= 4 is 5.97 Å². The van der Waals surface area contributed by atoms with Crippen molar-refractivity contribution in [3.63, 3.8) is 0 Å². The maximum atomic E-state index is 9.98. The minimum Gasteiger partial charge on any atom is -0.664 e. The van der Waals surface area contributed by atoms with Crippen LogP contribution in [0.3, 0.4) is 0 Å². The van der Waals surface area contributed by atoms with Gasteiger partial charge in [-0.25, -0.2) is 6.42 Å². The van der Waals surface area contributed by atoms with Crippen molar-refractivity contribution in [3.8, 4) is 0 Å². The molecule has 0 atom stereocenters. The zero-order valence-electron chi connectivity index (χ0n) is 6.45. The van der Waals surface area contributed by atoms with E-state index in [1.54, 1.807) is 0 Å². The van der Waals surface area contributed by atoms with E-state index in [4.69, 9.17) is 5.11 Å². The van der Waals surface area contributed by atoms with Gasteiger partial charge in [0.1, 0.15) is 0 Å². The van der Waals surface area contributed by atoms with Crippen molar-refractivity contribution in [2.45, 2.75) is 19.3 Å². The molecule has 0 aromatic carbocycles. The Balaban J connectivity index is 0. The van der Waals surface area contributed by atoms with Gasteiger partial charge in [-0.3, -0.25) is 4.79 Å². The van der Waals surface area contributed by atoms with E-state index in [9.17, 15) is 4.79 Å². The van der Waals surface area contributed by atoms with Crippen LogP contribution in [0.1, 0.15) is 19.3 Å². The molecule has 4 heteroatoms. The molecule has 0 fully saturated rings. The van der Waals surface area contributed by atoms with E-state index in [0.29, 0.717) is 13.0 Å². The second kappa shape index (κ2) is 10.1. The van der Waals surface area contributed by atoms with Crippen molar-refractivity contribution < 1.29 is 31.0 Å². The Hall–Kier alpha value is 0.118. The van der Waals surface area contributed by atoms with Gasteiger partial charge < -0.3 is 17.3 Å². The minimum absolute atomic E-state index is 0. The summed E-state index contributed by atoms with van der Waals surface area (Å²) in [7, 11) is 0. The van der Waals surface area contributed by atoms with Crippen molar-refractivity contribution in [2.75, 3.05) is 13.1 Å². The molecular weight excluding hydrogens is 314 g/mol. The maximum Gasteiger partial charge on any atom is 2.00 e. The van der Waals surface area contributed by atoms with Gasteiger partial charge in [-0.1, -0.05) is 6.42 Å². The molecule has 0 saturated heterocycles. The zero-order valence-corrected chi connectivity index (χ0v) is 9.39. The summed E-state index contributed by atoms with van der Waals surface area (Å²) in [6.07, 6.45) is 1.67. The van der Waals surface area contributed by atoms with Crippen LogP contribution in [0, 0.1) is 6.92 Å². The van der Waals surface area contributed by atoms with Gasteiger partial charge >= 0.3 is 27.0 Å². The molecule has 1 N–H and O–H groups in total. The molecular formula is C7H13NO2W. The summed E-state index contributed by atoms with van der Waals surface area (Å²) in [4.78, 5) is 9.98. The molecule has 0 amide bonds. The van der Waals surface area contributed by atoms with E-state index in [0.717, 1.165) is 13.0 Å². The first-order valence-electron chi connectivity index (χ1n) is 3.41.